The van der Waals surface area contributed by atoms with E-state index in [-0.39, 0.29) is 10.7 Å². The van der Waals surface area contributed by atoms with Gasteiger partial charge in [0, 0.05) is 17.7 Å². The van der Waals surface area contributed by atoms with Crippen LogP contribution in [0.1, 0.15) is 5.56 Å². The minimum absolute atomic E-state index is 0.0515. The maximum atomic E-state index is 12.6. The van der Waals surface area contributed by atoms with Crippen molar-refractivity contribution < 1.29 is 17.9 Å². The predicted octanol–water partition coefficient (Wildman–Crippen LogP) is 3.20. The van der Waals surface area contributed by atoms with Gasteiger partial charge in [0.25, 0.3) is 10.0 Å². The standard InChI is InChI=1S/C18H19N3O4S/c1-12-6-4-5-7-14(12)15-11-18(20-19-15)21-26(22,23)13-8-9-16(24-2)17(10-13)25-3/h4-11H,1-3H3,(H2,19,20,21). The third-order valence-electron chi connectivity index (χ3n) is 3.92. The number of sulfonamides is 1. The summed E-state index contributed by atoms with van der Waals surface area (Å²) in [7, 11) is -0.882. The maximum Gasteiger partial charge on any atom is 0.263 e. The molecule has 3 aromatic rings. The molecule has 0 fully saturated rings. The number of H-pyrrole nitrogens is 1. The van der Waals surface area contributed by atoms with Crippen LogP contribution in [0.5, 0.6) is 11.5 Å². The van der Waals surface area contributed by atoms with Gasteiger partial charge in [0.1, 0.15) is 0 Å². The van der Waals surface area contributed by atoms with Crippen molar-refractivity contribution in [3.63, 3.8) is 0 Å². The first-order valence-electron chi connectivity index (χ1n) is 7.81. The van der Waals surface area contributed by atoms with Crippen molar-refractivity contribution in [1.82, 2.24) is 10.2 Å². The van der Waals surface area contributed by atoms with Crippen molar-refractivity contribution in [3.05, 3.63) is 54.1 Å². The van der Waals surface area contributed by atoms with Crippen LogP contribution in [0.15, 0.2) is 53.4 Å². The number of nitrogens with one attached hydrogen (secondary N) is 2. The van der Waals surface area contributed by atoms with Crippen LogP contribution in [0, 0.1) is 6.92 Å². The summed E-state index contributed by atoms with van der Waals surface area (Å²) < 4.78 is 38.0. The quantitative estimate of drug-likeness (QED) is 0.692. The number of aryl methyl sites for hydroxylation is 1. The van der Waals surface area contributed by atoms with Crippen molar-refractivity contribution in [1.29, 1.82) is 0 Å². The number of hydrogen-bond acceptors (Lipinski definition) is 5. The molecule has 0 unspecified atom stereocenters. The molecule has 7 nitrogen and oxygen atoms in total. The Labute approximate surface area is 152 Å². The predicted molar refractivity (Wildman–Crippen MR) is 99.1 cm³/mol. The zero-order valence-corrected chi connectivity index (χ0v) is 15.4. The van der Waals surface area contributed by atoms with Crippen LogP contribution in [0.4, 0.5) is 5.82 Å². The van der Waals surface area contributed by atoms with Gasteiger partial charge in [0.05, 0.1) is 24.8 Å². The monoisotopic (exact) mass is 373 g/mol. The van der Waals surface area contributed by atoms with E-state index >= 15 is 0 Å². The molecule has 136 valence electrons. The van der Waals surface area contributed by atoms with E-state index in [1.54, 1.807) is 6.07 Å². The van der Waals surface area contributed by atoms with E-state index in [4.69, 9.17) is 9.47 Å². The zero-order valence-electron chi connectivity index (χ0n) is 14.6. The number of anilines is 1. The molecular formula is C18H19N3O4S. The third-order valence-corrected chi connectivity index (χ3v) is 5.27. The number of aromatic nitrogens is 2. The molecule has 0 aliphatic rings. The highest BCUT2D eigenvalue weighted by Gasteiger charge is 2.19. The lowest BCUT2D eigenvalue weighted by atomic mass is 10.1. The summed E-state index contributed by atoms with van der Waals surface area (Å²) in [5.41, 5.74) is 2.75. The van der Waals surface area contributed by atoms with Crippen molar-refractivity contribution in [2.75, 3.05) is 18.9 Å². The molecule has 1 aromatic heterocycles. The first-order valence-corrected chi connectivity index (χ1v) is 9.29. The second-order valence-corrected chi connectivity index (χ2v) is 7.29. The van der Waals surface area contributed by atoms with E-state index in [2.05, 4.69) is 14.9 Å². The van der Waals surface area contributed by atoms with E-state index in [0.717, 1.165) is 16.8 Å². The second kappa shape index (κ2) is 7.09. The van der Waals surface area contributed by atoms with Gasteiger partial charge in [-0.2, -0.15) is 5.10 Å². The first kappa shape index (κ1) is 17.8. The number of aromatic amines is 1. The molecule has 1 heterocycles. The van der Waals surface area contributed by atoms with E-state index in [0.29, 0.717) is 11.5 Å². The van der Waals surface area contributed by atoms with Gasteiger partial charge in [0.15, 0.2) is 17.3 Å². The van der Waals surface area contributed by atoms with Crippen LogP contribution in [-0.2, 0) is 10.0 Å². The van der Waals surface area contributed by atoms with Gasteiger partial charge in [-0.25, -0.2) is 8.42 Å². The van der Waals surface area contributed by atoms with E-state index in [9.17, 15) is 8.42 Å². The summed E-state index contributed by atoms with van der Waals surface area (Å²) in [6.07, 6.45) is 0. The lowest BCUT2D eigenvalue weighted by Crippen LogP contribution is -2.13. The molecule has 0 saturated carbocycles. The zero-order chi connectivity index (χ0) is 18.7. The SMILES string of the molecule is COc1ccc(S(=O)(=O)Nc2cc(-c3ccccc3C)[nH]n2)cc1OC. The van der Waals surface area contributed by atoms with Gasteiger partial charge < -0.3 is 9.47 Å². The number of ether oxygens (including phenoxy) is 2. The van der Waals surface area contributed by atoms with Crippen molar-refractivity contribution >= 4 is 15.8 Å². The normalized spacial score (nSPS) is 11.2. The van der Waals surface area contributed by atoms with Crippen molar-refractivity contribution in [2.45, 2.75) is 11.8 Å². The van der Waals surface area contributed by atoms with Crippen LogP contribution in [0.3, 0.4) is 0 Å². The molecule has 3 rings (SSSR count). The third kappa shape index (κ3) is 3.50. The molecule has 0 saturated heterocycles. The van der Waals surface area contributed by atoms with Crippen molar-refractivity contribution in [3.8, 4) is 22.8 Å². The Kier molecular flexibility index (Phi) is 4.85. The summed E-state index contributed by atoms with van der Waals surface area (Å²) in [6, 6.07) is 13.8. The smallest absolute Gasteiger partial charge is 0.263 e. The second-order valence-electron chi connectivity index (χ2n) is 5.60. The molecule has 0 aliphatic carbocycles. The summed E-state index contributed by atoms with van der Waals surface area (Å²) >= 11 is 0. The number of methoxy groups -OCH3 is 2. The minimum Gasteiger partial charge on any atom is -0.493 e. The molecule has 2 aromatic carbocycles. The van der Waals surface area contributed by atoms with Gasteiger partial charge in [-0.15, -0.1) is 0 Å². The maximum absolute atomic E-state index is 12.6. The van der Waals surface area contributed by atoms with Gasteiger partial charge >= 0.3 is 0 Å². The van der Waals surface area contributed by atoms with E-state index < -0.39 is 10.0 Å². The molecular weight excluding hydrogens is 354 g/mol. The summed E-state index contributed by atoms with van der Waals surface area (Å²) in [5.74, 6) is 0.990. The molecule has 0 aliphatic heterocycles. The lowest BCUT2D eigenvalue weighted by Gasteiger charge is -2.10. The molecule has 26 heavy (non-hydrogen) atoms. The number of rotatable bonds is 6. The summed E-state index contributed by atoms with van der Waals surface area (Å²) in [6.45, 7) is 1.98. The Morgan fingerprint density at radius 1 is 1.00 bits per heavy atom. The topological polar surface area (TPSA) is 93.3 Å². The molecule has 8 heteroatoms. The average molecular weight is 373 g/mol. The number of benzene rings is 2. The Hall–Kier alpha value is -3.00. The average Bonchev–Trinajstić information content (AvgIpc) is 3.08. The first-order chi connectivity index (χ1) is 12.4. The molecule has 0 radical (unpaired) electrons. The highest BCUT2D eigenvalue weighted by Crippen LogP contribution is 2.30. The van der Waals surface area contributed by atoms with Crippen LogP contribution in [0.25, 0.3) is 11.3 Å². The van der Waals surface area contributed by atoms with Crippen LogP contribution in [-0.4, -0.2) is 32.8 Å². The molecule has 0 bridgehead atoms. The van der Waals surface area contributed by atoms with Gasteiger partial charge in [-0.05, 0) is 24.6 Å². The molecule has 0 spiro atoms. The number of hydrogen-bond donors (Lipinski definition) is 2. The van der Waals surface area contributed by atoms with Gasteiger partial charge in [-0.1, -0.05) is 24.3 Å². The highest BCUT2D eigenvalue weighted by molar-refractivity contribution is 7.92. The Morgan fingerprint density at radius 3 is 2.42 bits per heavy atom. The Morgan fingerprint density at radius 2 is 1.73 bits per heavy atom. The molecule has 0 atom stereocenters. The van der Waals surface area contributed by atoms with Gasteiger partial charge in [-0.3, -0.25) is 9.82 Å². The Balaban J connectivity index is 1.88. The number of nitrogens with zero attached hydrogens (tertiary/aromatic N) is 1. The van der Waals surface area contributed by atoms with Crippen molar-refractivity contribution in [2.24, 2.45) is 0 Å². The largest absolute Gasteiger partial charge is 0.493 e. The minimum atomic E-state index is -3.82. The van der Waals surface area contributed by atoms with E-state index in [1.807, 2.05) is 31.2 Å². The van der Waals surface area contributed by atoms with Gasteiger partial charge in [0.2, 0.25) is 0 Å². The van der Waals surface area contributed by atoms with Crippen LogP contribution >= 0.6 is 0 Å². The van der Waals surface area contributed by atoms with E-state index in [1.165, 1.54) is 32.4 Å². The fourth-order valence-electron chi connectivity index (χ4n) is 2.57. The fraction of sp³-hybridized carbons (Fsp3) is 0.167. The summed E-state index contributed by atoms with van der Waals surface area (Å²) in [5, 5.41) is 6.91. The Bertz CT molecular complexity index is 1030. The molecule has 2 N–H and O–H groups in total. The highest BCUT2D eigenvalue weighted by atomic mass is 32.2. The van der Waals surface area contributed by atoms with Crippen LogP contribution < -0.4 is 14.2 Å². The summed E-state index contributed by atoms with van der Waals surface area (Å²) in [4.78, 5) is 0.0515. The lowest BCUT2D eigenvalue weighted by molar-refractivity contribution is 0.354. The van der Waals surface area contributed by atoms with Crippen LogP contribution in [0.2, 0.25) is 0 Å². The fourth-order valence-corrected chi connectivity index (χ4v) is 3.57. The molecule has 0 amide bonds.